The number of halogens is 1. The van der Waals surface area contributed by atoms with Crippen molar-refractivity contribution < 1.29 is 19.1 Å². The Hall–Kier alpha value is -3.28. The van der Waals surface area contributed by atoms with Crippen LogP contribution in [0, 0.1) is 17.2 Å². The molecule has 2 saturated heterocycles. The maximum absolute atomic E-state index is 13.1. The van der Waals surface area contributed by atoms with E-state index < -0.39 is 12.1 Å². The van der Waals surface area contributed by atoms with E-state index in [0.29, 0.717) is 45.0 Å². The molecule has 2 aliphatic heterocycles. The molecule has 0 aromatic heterocycles. The first-order valence-electron chi connectivity index (χ1n) is 13.6. The van der Waals surface area contributed by atoms with E-state index in [-0.39, 0.29) is 30.5 Å². The predicted octanol–water partition coefficient (Wildman–Crippen LogP) is 4.80. The number of likely N-dealkylation sites (tertiary alicyclic amines) is 2. The summed E-state index contributed by atoms with van der Waals surface area (Å²) >= 11 is 0. The fourth-order valence-corrected chi connectivity index (χ4v) is 5.20. The Morgan fingerprint density at radius 3 is 2.46 bits per heavy atom. The number of rotatable bonds is 8. The van der Waals surface area contributed by atoms with Gasteiger partial charge in [0, 0.05) is 19.6 Å². The van der Waals surface area contributed by atoms with Crippen molar-refractivity contribution in [3.8, 4) is 22.9 Å². The summed E-state index contributed by atoms with van der Waals surface area (Å²) < 4.78 is 11.5. The molecule has 2 aliphatic rings. The van der Waals surface area contributed by atoms with Crippen LogP contribution >= 0.6 is 12.4 Å². The molecule has 210 valence electrons. The van der Waals surface area contributed by atoms with Crippen molar-refractivity contribution in [1.29, 1.82) is 5.26 Å². The molecule has 2 atom stereocenters. The van der Waals surface area contributed by atoms with Crippen LogP contribution in [0.3, 0.4) is 0 Å². The van der Waals surface area contributed by atoms with E-state index >= 15 is 0 Å². The number of carbonyl (C=O) groups excluding carboxylic acids is 2. The quantitative estimate of drug-likeness (QED) is 0.502. The molecule has 0 bridgehead atoms. The van der Waals surface area contributed by atoms with Gasteiger partial charge >= 0.3 is 6.09 Å². The van der Waals surface area contributed by atoms with Crippen molar-refractivity contribution >= 4 is 24.4 Å². The molecule has 2 amide bonds. The first kappa shape index (κ1) is 30.3. The van der Waals surface area contributed by atoms with Crippen molar-refractivity contribution in [2.24, 2.45) is 11.7 Å². The molecular formula is C30H39ClN4O4. The van der Waals surface area contributed by atoms with Gasteiger partial charge in [0.25, 0.3) is 0 Å². The second-order valence-corrected chi connectivity index (χ2v) is 10.5. The zero-order valence-corrected chi connectivity index (χ0v) is 23.6. The molecule has 9 heteroatoms. The zero-order valence-electron chi connectivity index (χ0n) is 22.8. The number of piperidine rings is 1. The summed E-state index contributed by atoms with van der Waals surface area (Å²) in [5.41, 5.74) is 9.41. The summed E-state index contributed by atoms with van der Waals surface area (Å²) in [6, 6.07) is 17.1. The molecule has 0 unspecified atom stereocenters. The van der Waals surface area contributed by atoms with E-state index in [1.165, 1.54) is 0 Å². The van der Waals surface area contributed by atoms with E-state index in [4.69, 9.17) is 15.2 Å². The van der Waals surface area contributed by atoms with Gasteiger partial charge < -0.3 is 25.0 Å². The summed E-state index contributed by atoms with van der Waals surface area (Å²) in [5, 5.41) is 9.40. The minimum absolute atomic E-state index is 0. The number of amides is 2. The number of nitrogens with two attached hydrogens (primary N) is 1. The van der Waals surface area contributed by atoms with Gasteiger partial charge in [0.15, 0.2) is 0 Å². The first-order valence-corrected chi connectivity index (χ1v) is 13.6. The van der Waals surface area contributed by atoms with Crippen LogP contribution in [0.4, 0.5) is 4.79 Å². The lowest BCUT2D eigenvalue weighted by molar-refractivity contribution is -0.132. The van der Waals surface area contributed by atoms with Gasteiger partial charge in [-0.15, -0.1) is 12.4 Å². The third-order valence-electron chi connectivity index (χ3n) is 7.30. The number of ether oxygens (including phenoxy) is 2. The third kappa shape index (κ3) is 7.87. The number of nitriles is 1. The molecule has 2 aromatic rings. The molecular weight excluding hydrogens is 516 g/mol. The average molecular weight is 555 g/mol. The highest BCUT2D eigenvalue weighted by molar-refractivity contribution is 5.85. The van der Waals surface area contributed by atoms with E-state index in [1.54, 1.807) is 9.80 Å². The molecule has 4 rings (SSSR count). The predicted molar refractivity (Wildman–Crippen MR) is 153 cm³/mol. The highest BCUT2D eigenvalue weighted by Gasteiger charge is 2.32. The summed E-state index contributed by atoms with van der Waals surface area (Å²) in [7, 11) is 0. The summed E-state index contributed by atoms with van der Waals surface area (Å²) in [6.45, 7) is 6.17. The lowest BCUT2D eigenvalue weighted by Crippen LogP contribution is -2.46. The number of nitrogens with zero attached hydrogens (tertiary/aromatic N) is 3. The summed E-state index contributed by atoms with van der Waals surface area (Å²) in [4.78, 5) is 28.6. The Balaban J connectivity index is 0.00000420. The Kier molecular flexibility index (Phi) is 11.0. The molecule has 2 fully saturated rings. The number of hydrogen-bond acceptors (Lipinski definition) is 6. The molecule has 0 aliphatic carbocycles. The van der Waals surface area contributed by atoms with Crippen molar-refractivity contribution in [1.82, 2.24) is 9.80 Å². The number of benzene rings is 2. The van der Waals surface area contributed by atoms with Gasteiger partial charge in [-0.25, -0.2) is 4.79 Å². The van der Waals surface area contributed by atoms with E-state index in [1.807, 2.05) is 62.4 Å². The smallest absolute Gasteiger partial charge is 0.410 e. The second-order valence-electron chi connectivity index (χ2n) is 10.5. The van der Waals surface area contributed by atoms with Gasteiger partial charge in [-0.3, -0.25) is 4.79 Å². The highest BCUT2D eigenvalue weighted by atomic mass is 35.5. The summed E-state index contributed by atoms with van der Waals surface area (Å²) in [5.74, 6) is 0.899. The number of hydrogen-bond donors (Lipinski definition) is 1. The maximum Gasteiger partial charge on any atom is 0.410 e. The normalized spacial score (nSPS) is 18.3. The Morgan fingerprint density at radius 2 is 1.79 bits per heavy atom. The van der Waals surface area contributed by atoms with Crippen LogP contribution in [0.1, 0.15) is 45.1 Å². The largest absolute Gasteiger partial charge is 0.493 e. The van der Waals surface area contributed by atoms with Gasteiger partial charge in [-0.2, -0.15) is 5.26 Å². The Labute approximate surface area is 237 Å². The van der Waals surface area contributed by atoms with Crippen LogP contribution < -0.4 is 10.5 Å². The fourth-order valence-electron chi connectivity index (χ4n) is 5.20. The van der Waals surface area contributed by atoms with Crippen molar-refractivity contribution in [3.05, 3.63) is 54.1 Å². The minimum atomic E-state index is -0.739. The van der Waals surface area contributed by atoms with Gasteiger partial charge in [-0.05, 0) is 80.7 Å². The van der Waals surface area contributed by atoms with Crippen LogP contribution in [-0.2, 0) is 16.0 Å². The fraction of sp³-hybridized carbons (Fsp3) is 0.500. The van der Waals surface area contributed by atoms with Gasteiger partial charge in [0.05, 0.1) is 24.8 Å². The van der Waals surface area contributed by atoms with Crippen molar-refractivity contribution in [3.63, 3.8) is 0 Å². The molecule has 39 heavy (non-hydrogen) atoms. The lowest BCUT2D eigenvalue weighted by atomic mass is 9.94. The average Bonchev–Trinajstić information content (AvgIpc) is 3.41. The van der Waals surface area contributed by atoms with E-state index in [9.17, 15) is 14.9 Å². The van der Waals surface area contributed by atoms with Crippen molar-refractivity contribution in [2.45, 2.75) is 64.1 Å². The second kappa shape index (κ2) is 14.2. The SMILES string of the molecule is CC(C)OC(=O)N1CCC(COc2ccc(-c3ccccc3)c(C[C@H](N)C(=O)N3CCC[C@H]3C#N)c2)CC1.Cl. The Morgan fingerprint density at radius 1 is 1.08 bits per heavy atom. The van der Waals surface area contributed by atoms with E-state index in [2.05, 4.69) is 6.07 Å². The minimum Gasteiger partial charge on any atom is -0.493 e. The Bertz CT molecular complexity index is 1150. The summed E-state index contributed by atoms with van der Waals surface area (Å²) in [6.07, 6.45) is 3.23. The van der Waals surface area contributed by atoms with E-state index in [0.717, 1.165) is 41.7 Å². The van der Waals surface area contributed by atoms with Crippen LogP contribution in [0.2, 0.25) is 0 Å². The van der Waals surface area contributed by atoms with Gasteiger partial charge in [-0.1, -0.05) is 36.4 Å². The van der Waals surface area contributed by atoms with Gasteiger partial charge in [0.1, 0.15) is 11.8 Å². The third-order valence-corrected chi connectivity index (χ3v) is 7.30. The highest BCUT2D eigenvalue weighted by Crippen LogP contribution is 2.30. The maximum atomic E-state index is 13.1. The van der Waals surface area contributed by atoms with Crippen LogP contribution in [0.5, 0.6) is 5.75 Å². The van der Waals surface area contributed by atoms with Crippen molar-refractivity contribution in [2.75, 3.05) is 26.2 Å². The standard InChI is InChI=1S/C30H38N4O4.ClH/c1-21(2)38-30(36)33-15-12-22(13-16-33)20-37-26-10-11-27(23-7-4-3-5-8-23)24(17-26)18-28(32)29(35)34-14-6-9-25(34)19-31;/h3-5,7-8,10-11,17,21-22,25,28H,6,9,12-16,18,20,32H2,1-2H3;1H/t25-,28-;/m0./s1. The number of carbonyl (C=O) groups is 2. The van der Waals surface area contributed by atoms with Crippen LogP contribution in [0.25, 0.3) is 11.1 Å². The lowest BCUT2D eigenvalue weighted by Gasteiger charge is -2.31. The first-order chi connectivity index (χ1) is 18.4. The topological polar surface area (TPSA) is 109 Å². The molecule has 8 nitrogen and oxygen atoms in total. The zero-order chi connectivity index (χ0) is 27.1. The molecule has 2 N–H and O–H groups in total. The molecule has 2 aromatic carbocycles. The molecule has 0 spiro atoms. The molecule has 0 radical (unpaired) electrons. The molecule has 0 saturated carbocycles. The molecule has 2 heterocycles. The van der Waals surface area contributed by atoms with Crippen LogP contribution in [-0.4, -0.2) is 66.2 Å². The van der Waals surface area contributed by atoms with Crippen LogP contribution in [0.15, 0.2) is 48.5 Å². The van der Waals surface area contributed by atoms with Gasteiger partial charge in [0.2, 0.25) is 5.91 Å². The monoisotopic (exact) mass is 554 g/mol.